The zero-order valence-corrected chi connectivity index (χ0v) is 16.5. The van der Waals surface area contributed by atoms with Crippen LogP contribution in [0.4, 0.5) is 4.39 Å². The second kappa shape index (κ2) is 6.69. The number of hydrogen-bond acceptors (Lipinski definition) is 2. The van der Waals surface area contributed by atoms with Gasteiger partial charge in [-0.05, 0) is 43.0 Å². The molecule has 0 unspecified atom stereocenters. The van der Waals surface area contributed by atoms with Crippen molar-refractivity contribution in [1.29, 1.82) is 0 Å². The molecule has 0 aliphatic heterocycles. The van der Waals surface area contributed by atoms with Gasteiger partial charge in [0.1, 0.15) is 11.3 Å². The van der Waals surface area contributed by atoms with Crippen LogP contribution < -0.4 is 5.32 Å². The van der Waals surface area contributed by atoms with Gasteiger partial charge in [0.15, 0.2) is 0 Å². The molecule has 3 nitrogen and oxygen atoms in total. The lowest BCUT2D eigenvalue weighted by molar-refractivity contribution is -0.125. The fourth-order valence-electron chi connectivity index (χ4n) is 4.15. The summed E-state index contributed by atoms with van der Waals surface area (Å²) in [7, 11) is 0. The van der Waals surface area contributed by atoms with Crippen molar-refractivity contribution < 1.29 is 9.18 Å². The average Bonchev–Trinajstić information content (AvgIpc) is 3.24. The van der Waals surface area contributed by atoms with Crippen LogP contribution in [0.5, 0.6) is 0 Å². The van der Waals surface area contributed by atoms with Crippen LogP contribution >= 0.6 is 0 Å². The third kappa shape index (κ3) is 3.17. The number of pyridine rings is 1. The highest BCUT2D eigenvalue weighted by molar-refractivity contribution is 5.82. The minimum absolute atomic E-state index is 0.0647. The molecule has 0 saturated heterocycles. The van der Waals surface area contributed by atoms with Gasteiger partial charge in [0.2, 0.25) is 5.91 Å². The molecular weight excluding hydrogens is 351 g/mol. The lowest BCUT2D eigenvalue weighted by atomic mass is 9.92. The number of nitrogens with zero attached hydrogens (tertiary/aromatic N) is 1. The van der Waals surface area contributed by atoms with Crippen molar-refractivity contribution in [2.75, 3.05) is 0 Å². The van der Waals surface area contributed by atoms with E-state index >= 15 is 0 Å². The van der Waals surface area contributed by atoms with Crippen LogP contribution in [0, 0.1) is 11.7 Å². The molecule has 4 rings (SSSR count). The maximum Gasteiger partial charge on any atom is 0.223 e. The molecule has 1 amide bonds. The summed E-state index contributed by atoms with van der Waals surface area (Å²) in [5.74, 6) is -0.349. The Kier molecular flexibility index (Phi) is 4.45. The highest BCUT2D eigenvalue weighted by Crippen LogP contribution is 2.57. The second-order valence-corrected chi connectivity index (χ2v) is 8.46. The van der Waals surface area contributed by atoms with Gasteiger partial charge in [-0.2, -0.15) is 0 Å². The predicted molar refractivity (Wildman–Crippen MR) is 110 cm³/mol. The molecule has 4 heteroatoms. The molecule has 28 heavy (non-hydrogen) atoms. The van der Waals surface area contributed by atoms with Gasteiger partial charge in [0.25, 0.3) is 0 Å². The summed E-state index contributed by atoms with van der Waals surface area (Å²) >= 11 is 0. The third-order valence-corrected chi connectivity index (χ3v) is 6.33. The molecular formula is C24H25FN2O. The number of hydrogen-bond donors (Lipinski definition) is 1. The van der Waals surface area contributed by atoms with E-state index in [0.717, 1.165) is 29.4 Å². The number of carbonyl (C=O) groups excluding carboxylic acids is 1. The first kappa shape index (κ1) is 18.6. The van der Waals surface area contributed by atoms with Crippen LogP contribution in [0.25, 0.3) is 10.9 Å². The molecule has 0 bridgehead atoms. The molecule has 0 radical (unpaired) electrons. The Labute approximate surface area is 165 Å². The number of amides is 1. The summed E-state index contributed by atoms with van der Waals surface area (Å²) in [6.45, 7) is 6.18. The normalized spacial score (nSPS) is 24.7. The summed E-state index contributed by atoms with van der Waals surface area (Å²) in [4.78, 5) is 17.1. The van der Waals surface area contributed by atoms with Crippen molar-refractivity contribution in [3.63, 3.8) is 0 Å². The first-order valence-corrected chi connectivity index (χ1v) is 9.73. The molecule has 3 atom stereocenters. The van der Waals surface area contributed by atoms with E-state index in [9.17, 15) is 9.18 Å². The second-order valence-electron chi connectivity index (χ2n) is 8.46. The predicted octanol–water partition coefficient (Wildman–Crippen LogP) is 4.79. The maximum atomic E-state index is 13.9. The molecule has 0 spiro atoms. The smallest absolute Gasteiger partial charge is 0.223 e. The molecule has 2 aromatic carbocycles. The number of fused-ring (bicyclic) bond motifs is 1. The highest BCUT2D eigenvalue weighted by atomic mass is 19.1. The Balaban J connectivity index is 1.50. The first-order chi connectivity index (χ1) is 13.3. The van der Waals surface area contributed by atoms with E-state index in [-0.39, 0.29) is 28.6 Å². The van der Waals surface area contributed by atoms with Gasteiger partial charge >= 0.3 is 0 Å². The summed E-state index contributed by atoms with van der Waals surface area (Å²) in [6.07, 6.45) is 3.30. The number of carbonyl (C=O) groups is 1. The lowest BCUT2D eigenvalue weighted by Crippen LogP contribution is -2.42. The number of para-hydroxylation sites is 1. The standard InChI is InChI=1S/C24H25FN2O/c1-16(12-17-8-5-4-6-9-17)22(28)27-24(3)15-23(24,2)19-13-18-10-7-11-20(25)21(18)26-14-19/h4-11,13-14,16H,12,15H2,1-3H3,(H,27,28)/t16-,23-,24-/m1/s1. The Bertz CT molecular complexity index is 1040. The average molecular weight is 376 g/mol. The molecule has 1 saturated carbocycles. The maximum absolute atomic E-state index is 13.9. The van der Waals surface area contributed by atoms with Crippen LogP contribution in [0.1, 0.15) is 38.3 Å². The van der Waals surface area contributed by atoms with E-state index in [1.165, 1.54) is 6.07 Å². The summed E-state index contributed by atoms with van der Waals surface area (Å²) in [5.41, 5.74) is 2.05. The van der Waals surface area contributed by atoms with E-state index in [1.54, 1.807) is 12.3 Å². The van der Waals surface area contributed by atoms with Crippen LogP contribution in [-0.2, 0) is 16.6 Å². The van der Waals surface area contributed by atoms with Gasteiger partial charge in [-0.1, -0.05) is 56.3 Å². The Morgan fingerprint density at radius 2 is 1.93 bits per heavy atom. The van der Waals surface area contributed by atoms with E-state index in [1.807, 2.05) is 49.4 Å². The molecule has 1 aliphatic carbocycles. The van der Waals surface area contributed by atoms with Crippen LogP contribution in [0.2, 0.25) is 0 Å². The first-order valence-electron chi connectivity index (χ1n) is 9.73. The van der Waals surface area contributed by atoms with Gasteiger partial charge in [-0.25, -0.2) is 4.39 Å². The molecule has 1 fully saturated rings. The number of rotatable bonds is 5. The van der Waals surface area contributed by atoms with Gasteiger partial charge in [0, 0.05) is 28.5 Å². The van der Waals surface area contributed by atoms with Crippen molar-refractivity contribution in [2.24, 2.45) is 5.92 Å². The molecule has 1 heterocycles. The van der Waals surface area contributed by atoms with Gasteiger partial charge in [-0.15, -0.1) is 0 Å². The van der Waals surface area contributed by atoms with Crippen LogP contribution in [-0.4, -0.2) is 16.4 Å². The fourth-order valence-corrected chi connectivity index (χ4v) is 4.15. The summed E-state index contributed by atoms with van der Waals surface area (Å²) in [5, 5.41) is 4.05. The molecule has 1 aromatic heterocycles. The van der Waals surface area contributed by atoms with E-state index in [0.29, 0.717) is 5.52 Å². The number of aromatic nitrogens is 1. The van der Waals surface area contributed by atoms with E-state index < -0.39 is 0 Å². The summed E-state index contributed by atoms with van der Waals surface area (Å²) < 4.78 is 13.9. The van der Waals surface area contributed by atoms with Crippen molar-refractivity contribution in [3.05, 3.63) is 77.7 Å². The van der Waals surface area contributed by atoms with Gasteiger partial charge < -0.3 is 5.32 Å². The Morgan fingerprint density at radius 3 is 2.68 bits per heavy atom. The minimum Gasteiger partial charge on any atom is -0.350 e. The van der Waals surface area contributed by atoms with Crippen molar-refractivity contribution in [2.45, 2.75) is 44.6 Å². The monoisotopic (exact) mass is 376 g/mol. The van der Waals surface area contributed by atoms with Crippen molar-refractivity contribution in [1.82, 2.24) is 10.3 Å². The molecule has 1 N–H and O–H groups in total. The number of benzene rings is 2. The molecule has 144 valence electrons. The van der Waals surface area contributed by atoms with E-state index in [2.05, 4.69) is 24.1 Å². The number of nitrogens with one attached hydrogen (secondary N) is 1. The van der Waals surface area contributed by atoms with Gasteiger partial charge in [-0.3, -0.25) is 9.78 Å². The van der Waals surface area contributed by atoms with Crippen LogP contribution in [0.3, 0.4) is 0 Å². The SMILES string of the molecule is C[C@H](Cc1ccccc1)C(=O)N[C@]1(C)C[C@]1(C)c1cnc2c(F)cccc2c1. The quantitative estimate of drug-likeness (QED) is 0.696. The Morgan fingerprint density at radius 1 is 1.18 bits per heavy atom. The number of halogens is 1. The van der Waals surface area contributed by atoms with Gasteiger partial charge in [0.05, 0.1) is 0 Å². The van der Waals surface area contributed by atoms with E-state index in [4.69, 9.17) is 0 Å². The minimum atomic E-state index is -0.322. The molecule has 1 aliphatic rings. The topological polar surface area (TPSA) is 42.0 Å². The third-order valence-electron chi connectivity index (χ3n) is 6.33. The largest absolute Gasteiger partial charge is 0.350 e. The van der Waals surface area contributed by atoms with Crippen LogP contribution in [0.15, 0.2) is 60.8 Å². The fraction of sp³-hybridized carbons (Fsp3) is 0.333. The zero-order valence-electron chi connectivity index (χ0n) is 16.5. The summed E-state index contributed by atoms with van der Waals surface area (Å²) in [6, 6.07) is 17.1. The lowest BCUT2D eigenvalue weighted by Gasteiger charge is -2.23. The van der Waals surface area contributed by atoms with Crippen molar-refractivity contribution in [3.8, 4) is 0 Å². The van der Waals surface area contributed by atoms with Crippen molar-refractivity contribution >= 4 is 16.8 Å². The highest BCUT2D eigenvalue weighted by Gasteiger charge is 2.63. The Hall–Kier alpha value is -2.75. The zero-order chi connectivity index (χ0) is 19.9. The molecule has 3 aromatic rings.